The maximum Gasteiger partial charge on any atom is 0.241 e. The van der Waals surface area contributed by atoms with Gasteiger partial charge in [0, 0.05) is 6.04 Å². The summed E-state index contributed by atoms with van der Waals surface area (Å²) in [7, 11) is -3.59. The Morgan fingerprint density at radius 3 is 2.00 bits per heavy atom. The number of nitrogens with one attached hydrogen (secondary N) is 1. The monoisotopic (exact) mass is 271 g/mol. The largest absolute Gasteiger partial charge is 0.395 e. The number of benzene rings is 1. The van der Waals surface area contributed by atoms with Gasteiger partial charge in [0.25, 0.3) is 0 Å². The van der Waals surface area contributed by atoms with Crippen LogP contribution in [0.2, 0.25) is 0 Å². The summed E-state index contributed by atoms with van der Waals surface area (Å²) in [5.74, 6) is 0. The van der Waals surface area contributed by atoms with Crippen molar-refractivity contribution < 1.29 is 13.5 Å². The van der Waals surface area contributed by atoms with Gasteiger partial charge in [0.15, 0.2) is 0 Å². The van der Waals surface area contributed by atoms with Crippen molar-refractivity contribution >= 4 is 10.0 Å². The third-order valence-corrected chi connectivity index (χ3v) is 5.06. The molecule has 0 amide bonds. The molecule has 102 valence electrons. The molecular weight excluding hydrogens is 250 g/mol. The first-order valence-electron chi connectivity index (χ1n) is 5.91. The number of aliphatic hydroxyl groups excluding tert-OH is 1. The molecule has 0 saturated heterocycles. The summed E-state index contributed by atoms with van der Waals surface area (Å²) in [6, 6.07) is 1.49. The van der Waals surface area contributed by atoms with E-state index in [0.29, 0.717) is 4.90 Å². The third kappa shape index (κ3) is 2.91. The first kappa shape index (κ1) is 15.1. The van der Waals surface area contributed by atoms with Crippen LogP contribution in [0.3, 0.4) is 0 Å². The molecule has 0 bridgehead atoms. The van der Waals surface area contributed by atoms with Crippen LogP contribution in [0.1, 0.15) is 29.2 Å². The molecule has 0 aliphatic carbocycles. The van der Waals surface area contributed by atoms with Crippen LogP contribution < -0.4 is 4.72 Å². The van der Waals surface area contributed by atoms with E-state index in [0.717, 1.165) is 22.3 Å². The molecule has 0 heterocycles. The normalized spacial score (nSPS) is 13.7. The molecule has 0 spiro atoms. The topological polar surface area (TPSA) is 66.4 Å². The van der Waals surface area contributed by atoms with E-state index in [2.05, 4.69) is 4.72 Å². The van der Waals surface area contributed by atoms with Crippen LogP contribution in [0, 0.1) is 27.7 Å². The summed E-state index contributed by atoms with van der Waals surface area (Å²) in [4.78, 5) is 0.334. The second-order valence-electron chi connectivity index (χ2n) is 4.79. The molecule has 0 saturated carbocycles. The number of aryl methyl sites for hydroxylation is 2. The number of aliphatic hydroxyl groups is 1. The lowest BCUT2D eigenvalue weighted by Gasteiger charge is -2.18. The Bertz CT molecular complexity index is 524. The highest BCUT2D eigenvalue weighted by Gasteiger charge is 2.23. The summed E-state index contributed by atoms with van der Waals surface area (Å²) in [6.45, 7) is 8.82. The van der Waals surface area contributed by atoms with Gasteiger partial charge < -0.3 is 5.11 Å². The van der Waals surface area contributed by atoms with Gasteiger partial charge in [0.2, 0.25) is 10.0 Å². The van der Waals surface area contributed by atoms with Crippen molar-refractivity contribution in [1.82, 2.24) is 4.72 Å². The Labute approximate surface area is 109 Å². The van der Waals surface area contributed by atoms with E-state index >= 15 is 0 Å². The molecule has 2 N–H and O–H groups in total. The van der Waals surface area contributed by atoms with Crippen molar-refractivity contribution in [1.29, 1.82) is 0 Å². The summed E-state index contributed by atoms with van der Waals surface area (Å²) >= 11 is 0. The first-order valence-corrected chi connectivity index (χ1v) is 7.39. The Morgan fingerprint density at radius 2 is 1.61 bits per heavy atom. The van der Waals surface area contributed by atoms with Crippen LogP contribution in [-0.4, -0.2) is 26.2 Å². The molecule has 5 heteroatoms. The Balaban J connectivity index is 3.41. The molecule has 1 rings (SSSR count). The predicted octanol–water partition coefficient (Wildman–Crippen LogP) is 1.58. The van der Waals surface area contributed by atoms with Crippen molar-refractivity contribution in [3.63, 3.8) is 0 Å². The summed E-state index contributed by atoms with van der Waals surface area (Å²) in [5.41, 5.74) is 3.43. The molecule has 0 aromatic heterocycles. The van der Waals surface area contributed by atoms with Crippen molar-refractivity contribution in [3.8, 4) is 0 Å². The predicted molar refractivity (Wildman–Crippen MR) is 72.3 cm³/mol. The average molecular weight is 271 g/mol. The van der Waals surface area contributed by atoms with E-state index in [-0.39, 0.29) is 6.61 Å². The van der Waals surface area contributed by atoms with Crippen LogP contribution in [0.15, 0.2) is 11.0 Å². The Kier molecular flexibility index (Phi) is 4.53. The standard InChI is InChI=1S/C13H21NO3S/c1-8-6-9(2)12(5)13(11(8)4)18(16,17)14-10(3)7-15/h6,10,14-15H,7H2,1-5H3/t10-/m1/s1. The SMILES string of the molecule is Cc1cc(C)c(C)c(S(=O)(=O)N[C@H](C)CO)c1C. The fourth-order valence-corrected chi connectivity index (χ4v) is 3.80. The minimum atomic E-state index is -3.59. The molecule has 1 atom stereocenters. The Hall–Kier alpha value is -0.910. The van der Waals surface area contributed by atoms with Crippen LogP contribution in [-0.2, 0) is 10.0 Å². The van der Waals surface area contributed by atoms with Crippen molar-refractivity contribution in [2.45, 2.75) is 45.6 Å². The fraction of sp³-hybridized carbons (Fsp3) is 0.538. The highest BCUT2D eigenvalue weighted by Crippen LogP contribution is 2.25. The number of hydrogen-bond donors (Lipinski definition) is 2. The zero-order valence-electron chi connectivity index (χ0n) is 11.5. The smallest absolute Gasteiger partial charge is 0.241 e. The minimum Gasteiger partial charge on any atom is -0.395 e. The van der Waals surface area contributed by atoms with E-state index in [9.17, 15) is 8.42 Å². The molecule has 0 aliphatic heterocycles. The highest BCUT2D eigenvalue weighted by molar-refractivity contribution is 7.89. The maximum atomic E-state index is 12.3. The van der Waals surface area contributed by atoms with E-state index in [1.165, 1.54) is 0 Å². The lowest BCUT2D eigenvalue weighted by Crippen LogP contribution is -2.35. The third-order valence-electron chi connectivity index (χ3n) is 3.20. The van der Waals surface area contributed by atoms with Gasteiger partial charge in [-0.05, 0) is 56.9 Å². The zero-order chi connectivity index (χ0) is 14.1. The van der Waals surface area contributed by atoms with Crippen LogP contribution in [0.4, 0.5) is 0 Å². The second kappa shape index (κ2) is 5.38. The van der Waals surface area contributed by atoms with Crippen molar-refractivity contribution in [2.24, 2.45) is 0 Å². The summed E-state index contributed by atoms with van der Waals surface area (Å²) < 4.78 is 27.1. The molecule has 0 fully saturated rings. The van der Waals surface area contributed by atoms with Gasteiger partial charge in [-0.15, -0.1) is 0 Å². The van der Waals surface area contributed by atoms with Gasteiger partial charge in [0.05, 0.1) is 11.5 Å². The van der Waals surface area contributed by atoms with E-state index < -0.39 is 16.1 Å². The molecule has 1 aromatic rings. The van der Waals surface area contributed by atoms with Gasteiger partial charge in [-0.3, -0.25) is 0 Å². The lowest BCUT2D eigenvalue weighted by molar-refractivity contribution is 0.265. The summed E-state index contributed by atoms with van der Waals surface area (Å²) in [6.07, 6.45) is 0. The van der Waals surface area contributed by atoms with Gasteiger partial charge in [-0.1, -0.05) is 6.07 Å². The molecule has 0 unspecified atom stereocenters. The Morgan fingerprint density at radius 1 is 1.17 bits per heavy atom. The highest BCUT2D eigenvalue weighted by atomic mass is 32.2. The first-order chi connectivity index (χ1) is 8.20. The molecule has 4 nitrogen and oxygen atoms in total. The quantitative estimate of drug-likeness (QED) is 0.873. The van der Waals surface area contributed by atoms with Gasteiger partial charge >= 0.3 is 0 Å². The van der Waals surface area contributed by atoms with E-state index in [1.807, 2.05) is 19.9 Å². The van der Waals surface area contributed by atoms with Gasteiger partial charge in [-0.2, -0.15) is 0 Å². The van der Waals surface area contributed by atoms with Crippen LogP contribution in [0.25, 0.3) is 0 Å². The summed E-state index contributed by atoms with van der Waals surface area (Å²) in [5, 5.41) is 8.97. The lowest BCUT2D eigenvalue weighted by atomic mass is 10.0. The number of sulfonamides is 1. The molecule has 18 heavy (non-hydrogen) atoms. The molecule has 0 aliphatic rings. The van der Waals surface area contributed by atoms with Crippen LogP contribution in [0.5, 0.6) is 0 Å². The number of rotatable bonds is 4. The van der Waals surface area contributed by atoms with Crippen molar-refractivity contribution in [3.05, 3.63) is 28.3 Å². The van der Waals surface area contributed by atoms with E-state index in [4.69, 9.17) is 5.11 Å². The van der Waals surface area contributed by atoms with Crippen molar-refractivity contribution in [2.75, 3.05) is 6.61 Å². The van der Waals surface area contributed by atoms with Crippen LogP contribution >= 0.6 is 0 Å². The minimum absolute atomic E-state index is 0.220. The molecule has 1 aromatic carbocycles. The average Bonchev–Trinajstić information content (AvgIpc) is 2.25. The zero-order valence-corrected chi connectivity index (χ0v) is 12.4. The molecule has 0 radical (unpaired) electrons. The molecular formula is C13H21NO3S. The van der Waals surface area contributed by atoms with E-state index in [1.54, 1.807) is 20.8 Å². The van der Waals surface area contributed by atoms with Gasteiger partial charge in [-0.25, -0.2) is 13.1 Å². The maximum absolute atomic E-state index is 12.3. The van der Waals surface area contributed by atoms with Gasteiger partial charge in [0.1, 0.15) is 0 Å². The number of hydrogen-bond acceptors (Lipinski definition) is 3. The second-order valence-corrected chi connectivity index (χ2v) is 6.45. The fourth-order valence-electron chi connectivity index (χ4n) is 1.94.